The van der Waals surface area contributed by atoms with Gasteiger partial charge < -0.3 is 26.0 Å². The van der Waals surface area contributed by atoms with E-state index in [1.807, 2.05) is 30.3 Å². The number of amides is 1. The topological polar surface area (TPSA) is 115 Å². The second-order valence-electron chi connectivity index (χ2n) is 8.49. The summed E-state index contributed by atoms with van der Waals surface area (Å²) in [6.07, 6.45) is 2.83. The quantitative estimate of drug-likeness (QED) is 0.282. The van der Waals surface area contributed by atoms with Gasteiger partial charge in [0, 0.05) is 30.8 Å². The van der Waals surface area contributed by atoms with Crippen molar-refractivity contribution < 1.29 is 20.1 Å². The third kappa shape index (κ3) is 7.95. The molecule has 0 saturated carbocycles. The van der Waals surface area contributed by atoms with Crippen molar-refractivity contribution in [3.05, 3.63) is 94.8 Å². The first-order chi connectivity index (χ1) is 16.4. The van der Waals surface area contributed by atoms with Crippen molar-refractivity contribution >= 4 is 5.91 Å². The largest absolute Gasteiger partial charge is 0.508 e. The van der Waals surface area contributed by atoms with E-state index in [0.29, 0.717) is 37.1 Å². The number of hydrogen-bond donors (Lipinski definition) is 5. The fourth-order valence-electron chi connectivity index (χ4n) is 3.75. The number of aryl methyl sites for hydroxylation is 1. The Morgan fingerprint density at radius 3 is 2.65 bits per heavy atom. The molecular weight excluding hydrogens is 430 g/mol. The monoisotopic (exact) mass is 463 g/mol. The van der Waals surface area contributed by atoms with Crippen molar-refractivity contribution in [1.82, 2.24) is 15.6 Å². The number of carbonyl (C=O) groups excluding carboxylic acids is 1. The van der Waals surface area contributed by atoms with Gasteiger partial charge in [0.1, 0.15) is 5.75 Å². The molecule has 0 radical (unpaired) electrons. The molecule has 180 valence electrons. The van der Waals surface area contributed by atoms with Crippen LogP contribution >= 0.6 is 0 Å². The van der Waals surface area contributed by atoms with E-state index in [2.05, 4.69) is 34.7 Å². The molecule has 1 aromatic heterocycles. The Hall–Kier alpha value is -3.26. The van der Waals surface area contributed by atoms with Gasteiger partial charge in [0.25, 0.3) is 0 Å². The number of aliphatic hydroxyl groups excluding tert-OH is 2. The van der Waals surface area contributed by atoms with Gasteiger partial charge in [-0.2, -0.15) is 0 Å². The Labute approximate surface area is 200 Å². The van der Waals surface area contributed by atoms with E-state index in [9.17, 15) is 20.1 Å². The van der Waals surface area contributed by atoms with Gasteiger partial charge in [-0.1, -0.05) is 36.4 Å². The minimum absolute atomic E-state index is 0.00124. The van der Waals surface area contributed by atoms with Crippen LogP contribution in [0, 0.1) is 0 Å². The first kappa shape index (κ1) is 25.4. The zero-order valence-electron chi connectivity index (χ0n) is 19.4. The highest BCUT2D eigenvalue weighted by molar-refractivity contribution is 5.76. The summed E-state index contributed by atoms with van der Waals surface area (Å²) < 4.78 is 0. The van der Waals surface area contributed by atoms with Crippen molar-refractivity contribution in [2.75, 3.05) is 6.54 Å². The highest BCUT2D eigenvalue weighted by Crippen LogP contribution is 2.22. The summed E-state index contributed by atoms with van der Waals surface area (Å²) in [5.41, 5.74) is 4.15. The number of carbonyl (C=O) groups is 1. The minimum Gasteiger partial charge on any atom is -0.508 e. The number of rotatable bonds is 12. The maximum absolute atomic E-state index is 12.2. The van der Waals surface area contributed by atoms with Crippen LogP contribution in [0.3, 0.4) is 0 Å². The summed E-state index contributed by atoms with van der Waals surface area (Å²) >= 11 is 0. The van der Waals surface area contributed by atoms with E-state index < -0.39 is 6.10 Å². The number of nitrogens with one attached hydrogen (secondary N) is 2. The van der Waals surface area contributed by atoms with Crippen LogP contribution in [0.25, 0.3) is 0 Å². The van der Waals surface area contributed by atoms with E-state index in [1.54, 1.807) is 18.3 Å². The van der Waals surface area contributed by atoms with Gasteiger partial charge in [0.05, 0.1) is 24.9 Å². The number of pyridine rings is 1. The average Bonchev–Trinajstić information content (AvgIpc) is 2.86. The third-order valence-electron chi connectivity index (χ3n) is 5.69. The molecule has 0 aliphatic rings. The average molecular weight is 464 g/mol. The second-order valence-corrected chi connectivity index (χ2v) is 8.49. The number of aromatic nitrogens is 1. The Bertz CT molecular complexity index is 1060. The fraction of sp³-hybridized carbons (Fsp3) is 0.333. The zero-order chi connectivity index (χ0) is 24.3. The Morgan fingerprint density at radius 2 is 1.88 bits per heavy atom. The summed E-state index contributed by atoms with van der Waals surface area (Å²) in [5, 5.41) is 35.7. The number of nitrogens with zero attached hydrogens (tertiary/aromatic N) is 1. The smallest absolute Gasteiger partial charge is 0.220 e. The third-order valence-corrected chi connectivity index (χ3v) is 5.69. The molecule has 0 unspecified atom stereocenters. The molecule has 1 amide bonds. The fourth-order valence-corrected chi connectivity index (χ4v) is 3.75. The molecule has 0 bridgehead atoms. The van der Waals surface area contributed by atoms with Gasteiger partial charge in [0.2, 0.25) is 5.91 Å². The van der Waals surface area contributed by atoms with E-state index in [1.165, 1.54) is 6.07 Å². The summed E-state index contributed by atoms with van der Waals surface area (Å²) in [7, 11) is 0. The first-order valence-electron chi connectivity index (χ1n) is 11.5. The number of hydrogen-bond acceptors (Lipinski definition) is 6. The molecule has 0 fully saturated rings. The SMILES string of the molecule is C[C@H](Cc1cccc(CCC(=O)NCc2ccccn2)c1)NC[C@H](O)c1ccc(O)c(CO)c1. The van der Waals surface area contributed by atoms with Gasteiger partial charge in [-0.15, -0.1) is 0 Å². The highest BCUT2D eigenvalue weighted by atomic mass is 16.3. The Kier molecular flexibility index (Phi) is 9.58. The van der Waals surface area contributed by atoms with E-state index in [4.69, 9.17) is 0 Å². The van der Waals surface area contributed by atoms with Crippen molar-refractivity contribution in [3.8, 4) is 5.75 Å². The maximum atomic E-state index is 12.2. The second kappa shape index (κ2) is 12.8. The van der Waals surface area contributed by atoms with Gasteiger partial charge in [0.15, 0.2) is 0 Å². The Balaban J connectivity index is 1.43. The number of phenols is 1. The van der Waals surface area contributed by atoms with Crippen molar-refractivity contribution in [3.63, 3.8) is 0 Å². The van der Waals surface area contributed by atoms with Gasteiger partial charge >= 0.3 is 0 Å². The standard InChI is InChI=1S/C27H33N3O4/c1-19(29-17-26(33)22-9-10-25(32)23(15-22)18-31)13-21-6-4-5-20(14-21)8-11-27(34)30-16-24-7-2-3-12-28-24/h2-7,9-10,12,14-15,19,26,29,31-33H,8,11,13,16-18H2,1H3,(H,30,34)/t19-,26+/m1/s1. The van der Waals surface area contributed by atoms with Crippen LogP contribution in [0.2, 0.25) is 0 Å². The predicted octanol–water partition coefficient (Wildman–Crippen LogP) is 2.78. The van der Waals surface area contributed by atoms with Crippen LogP contribution in [0.4, 0.5) is 0 Å². The molecule has 3 rings (SSSR count). The lowest BCUT2D eigenvalue weighted by molar-refractivity contribution is -0.121. The molecule has 7 nitrogen and oxygen atoms in total. The van der Waals surface area contributed by atoms with Crippen LogP contribution < -0.4 is 10.6 Å². The van der Waals surface area contributed by atoms with E-state index in [0.717, 1.165) is 23.2 Å². The van der Waals surface area contributed by atoms with Crippen LogP contribution in [0.5, 0.6) is 5.75 Å². The Morgan fingerprint density at radius 1 is 1.06 bits per heavy atom. The number of benzene rings is 2. The number of aromatic hydroxyl groups is 1. The summed E-state index contributed by atoms with van der Waals surface area (Å²) in [5.74, 6) is 0.0176. The molecular formula is C27H33N3O4. The van der Waals surface area contributed by atoms with E-state index >= 15 is 0 Å². The molecule has 1 heterocycles. The van der Waals surface area contributed by atoms with Gasteiger partial charge in [-0.05, 0) is 60.7 Å². The summed E-state index contributed by atoms with van der Waals surface area (Å²) in [6, 6.07) is 18.7. The van der Waals surface area contributed by atoms with Gasteiger partial charge in [-0.25, -0.2) is 0 Å². The normalized spacial score (nSPS) is 12.8. The molecule has 2 atom stereocenters. The van der Waals surface area contributed by atoms with Gasteiger partial charge in [-0.3, -0.25) is 9.78 Å². The lowest BCUT2D eigenvalue weighted by Gasteiger charge is -2.18. The molecule has 0 aliphatic carbocycles. The van der Waals surface area contributed by atoms with Crippen molar-refractivity contribution in [2.45, 2.75) is 51.5 Å². The molecule has 7 heteroatoms. The van der Waals surface area contributed by atoms with Crippen LogP contribution in [0.15, 0.2) is 66.9 Å². The zero-order valence-corrected chi connectivity index (χ0v) is 19.4. The summed E-state index contributed by atoms with van der Waals surface area (Å²) in [6.45, 7) is 2.56. The van der Waals surface area contributed by atoms with Crippen LogP contribution in [0.1, 0.15) is 47.4 Å². The molecule has 5 N–H and O–H groups in total. The lowest BCUT2D eigenvalue weighted by Crippen LogP contribution is -2.32. The number of aliphatic hydroxyl groups is 2. The molecule has 0 aliphatic heterocycles. The summed E-state index contributed by atoms with van der Waals surface area (Å²) in [4.78, 5) is 16.4. The van der Waals surface area contributed by atoms with Crippen molar-refractivity contribution in [1.29, 1.82) is 0 Å². The predicted molar refractivity (Wildman–Crippen MR) is 131 cm³/mol. The maximum Gasteiger partial charge on any atom is 0.220 e. The lowest BCUT2D eigenvalue weighted by atomic mass is 10.0. The van der Waals surface area contributed by atoms with Crippen LogP contribution in [-0.4, -0.2) is 38.8 Å². The molecule has 34 heavy (non-hydrogen) atoms. The van der Waals surface area contributed by atoms with E-state index in [-0.39, 0.29) is 24.3 Å². The van der Waals surface area contributed by atoms with Crippen LogP contribution in [-0.2, 0) is 30.8 Å². The molecule has 2 aromatic carbocycles. The van der Waals surface area contributed by atoms with Crippen molar-refractivity contribution in [2.24, 2.45) is 0 Å². The molecule has 3 aromatic rings. The minimum atomic E-state index is -0.746. The molecule has 0 saturated heterocycles. The highest BCUT2D eigenvalue weighted by Gasteiger charge is 2.12. The molecule has 0 spiro atoms. The first-order valence-corrected chi connectivity index (χ1v) is 11.5.